The van der Waals surface area contributed by atoms with E-state index in [-0.39, 0.29) is 22.7 Å². The topological polar surface area (TPSA) is 113 Å². The zero-order chi connectivity index (χ0) is 24.6. The van der Waals surface area contributed by atoms with E-state index in [4.69, 9.17) is 5.73 Å². The fraction of sp³-hybridized carbons (Fsp3) is 0.385. The van der Waals surface area contributed by atoms with E-state index in [0.29, 0.717) is 29.7 Å². The van der Waals surface area contributed by atoms with Crippen molar-refractivity contribution in [1.29, 1.82) is 5.26 Å². The number of carbonyl (C=O) groups is 1. The lowest BCUT2D eigenvalue weighted by molar-refractivity contribution is -0.384. The Morgan fingerprint density at radius 1 is 1.29 bits per heavy atom. The number of benzene rings is 1. The standard InChI is InChI=1S/C26H28N4O3S/c1-4-5-9-18-10-11-22(34-18)23-19(15-27)25(28)29(16-7-6-8-17(12-16)30(32)33)20-13-26(2,3)14-21(31)24(20)23/h6-8,10-12,23H,4-5,9,13-14,28H2,1-3H3. The predicted octanol–water partition coefficient (Wildman–Crippen LogP) is 5.94. The molecule has 1 aromatic heterocycles. The highest BCUT2D eigenvalue weighted by Crippen LogP contribution is 2.51. The first-order chi connectivity index (χ1) is 16.2. The summed E-state index contributed by atoms with van der Waals surface area (Å²) >= 11 is 1.63. The normalized spacial score (nSPS) is 19.8. The van der Waals surface area contributed by atoms with E-state index in [1.165, 1.54) is 17.0 Å². The second-order valence-corrected chi connectivity index (χ2v) is 10.9. The molecule has 1 unspecified atom stereocenters. The number of nitro groups is 1. The largest absolute Gasteiger partial charge is 0.384 e. The molecule has 0 bridgehead atoms. The van der Waals surface area contributed by atoms with Crippen molar-refractivity contribution in [3.8, 4) is 6.07 Å². The summed E-state index contributed by atoms with van der Waals surface area (Å²) in [6, 6.07) is 12.5. The number of nitrogens with zero attached hydrogens (tertiary/aromatic N) is 3. The van der Waals surface area contributed by atoms with Gasteiger partial charge in [0.25, 0.3) is 5.69 Å². The van der Waals surface area contributed by atoms with E-state index in [2.05, 4.69) is 19.1 Å². The van der Waals surface area contributed by atoms with Gasteiger partial charge in [-0.3, -0.25) is 19.8 Å². The lowest BCUT2D eigenvalue weighted by Crippen LogP contribution is -2.42. The molecule has 0 radical (unpaired) electrons. The highest BCUT2D eigenvalue weighted by atomic mass is 32.1. The van der Waals surface area contributed by atoms with Gasteiger partial charge in [0.2, 0.25) is 0 Å². The Balaban J connectivity index is 1.92. The van der Waals surface area contributed by atoms with E-state index >= 15 is 0 Å². The highest BCUT2D eigenvalue weighted by molar-refractivity contribution is 7.12. The molecule has 0 fully saturated rings. The molecule has 7 nitrogen and oxygen atoms in total. The number of non-ortho nitro benzene ring substituents is 1. The Hall–Kier alpha value is -3.44. The molecule has 2 aromatic rings. The molecule has 0 saturated carbocycles. The quantitative estimate of drug-likeness (QED) is 0.408. The first kappa shape index (κ1) is 23.7. The van der Waals surface area contributed by atoms with Crippen LogP contribution < -0.4 is 10.6 Å². The first-order valence-corrected chi connectivity index (χ1v) is 12.3. The monoisotopic (exact) mass is 476 g/mol. The van der Waals surface area contributed by atoms with E-state index < -0.39 is 10.8 Å². The average Bonchev–Trinajstić information content (AvgIpc) is 3.24. The summed E-state index contributed by atoms with van der Waals surface area (Å²) in [4.78, 5) is 28.4. The van der Waals surface area contributed by atoms with Crippen molar-refractivity contribution < 1.29 is 9.72 Å². The van der Waals surface area contributed by atoms with Crippen LogP contribution >= 0.6 is 11.3 Å². The van der Waals surface area contributed by atoms with Gasteiger partial charge in [-0.25, -0.2) is 0 Å². The number of rotatable bonds is 6. The maximum atomic E-state index is 13.6. The molecule has 2 aliphatic rings. The Morgan fingerprint density at radius 2 is 2.06 bits per heavy atom. The number of hydrogen-bond donors (Lipinski definition) is 1. The van der Waals surface area contributed by atoms with Crippen LogP contribution in [0.25, 0.3) is 0 Å². The average molecular weight is 477 g/mol. The Kier molecular flexibility index (Phi) is 6.32. The molecule has 0 spiro atoms. The Bertz CT molecular complexity index is 1260. The lowest BCUT2D eigenvalue weighted by Gasteiger charge is -2.43. The number of nitro benzene ring substituents is 1. The fourth-order valence-electron chi connectivity index (χ4n) is 4.87. The molecule has 2 N–H and O–H groups in total. The molecule has 1 aliphatic carbocycles. The molecule has 1 aromatic carbocycles. The summed E-state index contributed by atoms with van der Waals surface area (Å²) in [5.41, 5.74) is 8.34. The zero-order valence-electron chi connectivity index (χ0n) is 19.6. The summed E-state index contributed by atoms with van der Waals surface area (Å²) in [5, 5.41) is 21.6. The number of carbonyl (C=O) groups excluding carboxylic acids is 1. The van der Waals surface area contributed by atoms with E-state index in [0.717, 1.165) is 29.8 Å². The number of Topliss-reactive ketones (excluding diaryl/α,β-unsaturated/α-hetero) is 1. The molecule has 4 rings (SSSR count). The molecule has 2 heterocycles. The van der Waals surface area contributed by atoms with Gasteiger partial charge >= 0.3 is 0 Å². The number of ketones is 1. The minimum absolute atomic E-state index is 0.00422. The van der Waals surface area contributed by atoms with Crippen LogP contribution in [0.5, 0.6) is 0 Å². The molecular formula is C26H28N4O3S. The van der Waals surface area contributed by atoms with Crippen molar-refractivity contribution in [3.05, 3.63) is 78.9 Å². The molecule has 1 aliphatic heterocycles. The lowest BCUT2D eigenvalue weighted by atomic mass is 9.69. The van der Waals surface area contributed by atoms with Crippen LogP contribution in [-0.2, 0) is 11.2 Å². The number of thiophene rings is 1. The number of allylic oxidation sites excluding steroid dienone is 3. The summed E-state index contributed by atoms with van der Waals surface area (Å²) in [5.74, 6) is -0.296. The SMILES string of the molecule is CCCCc1ccc(C2C(C#N)=C(N)N(c3cccc([N+](=O)[O-])c3)C3=C2C(=O)CC(C)(C)C3)s1. The van der Waals surface area contributed by atoms with Gasteiger partial charge in [0.15, 0.2) is 5.78 Å². The minimum atomic E-state index is -0.515. The van der Waals surface area contributed by atoms with Crippen LogP contribution in [0.15, 0.2) is 59.1 Å². The number of nitriles is 1. The van der Waals surface area contributed by atoms with Gasteiger partial charge in [0, 0.05) is 39.6 Å². The Morgan fingerprint density at radius 3 is 2.74 bits per heavy atom. The molecule has 34 heavy (non-hydrogen) atoms. The highest BCUT2D eigenvalue weighted by Gasteiger charge is 2.45. The summed E-state index contributed by atoms with van der Waals surface area (Å²) in [7, 11) is 0. The van der Waals surface area contributed by atoms with Crippen molar-refractivity contribution in [3.63, 3.8) is 0 Å². The molecule has 0 saturated heterocycles. The van der Waals surface area contributed by atoms with Crippen LogP contribution in [0.1, 0.15) is 62.1 Å². The van der Waals surface area contributed by atoms with Gasteiger partial charge in [-0.2, -0.15) is 5.26 Å². The second kappa shape index (κ2) is 9.07. The van der Waals surface area contributed by atoms with Gasteiger partial charge in [-0.15, -0.1) is 11.3 Å². The van der Waals surface area contributed by atoms with Crippen LogP contribution in [0.3, 0.4) is 0 Å². The summed E-state index contributed by atoms with van der Waals surface area (Å²) in [6.45, 7) is 6.21. The smallest absolute Gasteiger partial charge is 0.271 e. The number of aryl methyl sites for hydroxylation is 1. The predicted molar refractivity (Wildman–Crippen MR) is 133 cm³/mol. The number of anilines is 1. The van der Waals surface area contributed by atoms with Gasteiger partial charge < -0.3 is 5.73 Å². The van der Waals surface area contributed by atoms with Crippen LogP contribution in [0, 0.1) is 26.9 Å². The van der Waals surface area contributed by atoms with Crippen molar-refractivity contribution >= 4 is 28.5 Å². The third-order valence-corrected chi connectivity index (χ3v) is 7.63. The molecule has 1 atom stereocenters. The third-order valence-electron chi connectivity index (χ3n) is 6.42. The first-order valence-electron chi connectivity index (χ1n) is 11.5. The van der Waals surface area contributed by atoms with Crippen molar-refractivity contribution in [1.82, 2.24) is 0 Å². The molecular weight excluding hydrogens is 448 g/mol. The van der Waals surface area contributed by atoms with Crippen molar-refractivity contribution in [2.75, 3.05) is 4.90 Å². The van der Waals surface area contributed by atoms with Gasteiger partial charge in [0.05, 0.1) is 28.2 Å². The van der Waals surface area contributed by atoms with Gasteiger partial charge in [-0.1, -0.05) is 33.3 Å². The van der Waals surface area contributed by atoms with Crippen LogP contribution in [-0.4, -0.2) is 10.7 Å². The van der Waals surface area contributed by atoms with E-state index in [1.807, 2.05) is 19.9 Å². The number of nitrogens with two attached hydrogens (primary N) is 1. The summed E-state index contributed by atoms with van der Waals surface area (Å²) in [6.07, 6.45) is 4.07. The fourth-order valence-corrected chi connectivity index (χ4v) is 6.04. The van der Waals surface area contributed by atoms with Gasteiger partial charge in [0.1, 0.15) is 5.82 Å². The van der Waals surface area contributed by atoms with Crippen molar-refractivity contribution in [2.24, 2.45) is 11.1 Å². The number of hydrogen-bond acceptors (Lipinski definition) is 7. The second-order valence-electron chi connectivity index (χ2n) is 9.67. The summed E-state index contributed by atoms with van der Waals surface area (Å²) < 4.78 is 0. The maximum Gasteiger partial charge on any atom is 0.271 e. The zero-order valence-corrected chi connectivity index (χ0v) is 20.4. The van der Waals surface area contributed by atoms with Crippen molar-refractivity contribution in [2.45, 2.75) is 58.8 Å². The molecule has 176 valence electrons. The Labute approximate surface area is 203 Å². The number of unbranched alkanes of at least 4 members (excludes halogenated alkanes) is 1. The third kappa shape index (κ3) is 4.24. The van der Waals surface area contributed by atoms with Crippen LogP contribution in [0.2, 0.25) is 0 Å². The van der Waals surface area contributed by atoms with Gasteiger partial charge in [-0.05, 0) is 42.9 Å². The van der Waals surface area contributed by atoms with E-state index in [9.17, 15) is 20.2 Å². The molecule has 8 heteroatoms. The maximum absolute atomic E-state index is 13.6. The van der Waals surface area contributed by atoms with Crippen LogP contribution in [0.4, 0.5) is 11.4 Å². The minimum Gasteiger partial charge on any atom is -0.384 e. The van der Waals surface area contributed by atoms with E-state index in [1.54, 1.807) is 28.4 Å². The molecule has 0 amide bonds.